The number of aryl methyl sites for hydroxylation is 1. The number of rotatable bonds is 2. The van der Waals surface area contributed by atoms with Gasteiger partial charge in [0.1, 0.15) is 17.3 Å². The molecule has 0 radical (unpaired) electrons. The molecule has 0 N–H and O–H groups in total. The second-order valence-electron chi connectivity index (χ2n) is 6.32. The van der Waals surface area contributed by atoms with Gasteiger partial charge in [-0.25, -0.2) is 9.78 Å². The Bertz CT molecular complexity index is 925. The highest BCUT2D eigenvalue weighted by Gasteiger charge is 2.43. The minimum atomic E-state index is -0.754. The van der Waals surface area contributed by atoms with Crippen LogP contribution in [0.15, 0.2) is 41.3 Å². The molecule has 1 aliphatic heterocycles. The van der Waals surface area contributed by atoms with Crippen molar-refractivity contribution in [1.82, 2.24) is 19.7 Å². The van der Waals surface area contributed by atoms with E-state index in [2.05, 4.69) is 15.1 Å². The maximum absolute atomic E-state index is 12.3. The lowest BCUT2D eigenvalue weighted by Gasteiger charge is -2.40. The molecule has 0 amide bonds. The number of imidazole rings is 1. The Hall–Kier alpha value is -2.96. The summed E-state index contributed by atoms with van der Waals surface area (Å²) < 4.78 is 12.9. The number of cyclic esters (lactones) is 1. The molecule has 24 heavy (non-hydrogen) atoms. The Morgan fingerprint density at radius 1 is 1.25 bits per heavy atom. The number of benzene rings is 1. The smallest absolute Gasteiger partial charge is 0.339 e. The van der Waals surface area contributed by atoms with Crippen LogP contribution in [0.2, 0.25) is 0 Å². The van der Waals surface area contributed by atoms with Crippen molar-refractivity contribution in [3.05, 3.63) is 53.7 Å². The molecule has 0 fully saturated rings. The van der Waals surface area contributed by atoms with Crippen LogP contribution in [0.4, 0.5) is 0 Å². The molecule has 2 aromatic heterocycles. The number of hydrogen-bond donors (Lipinski definition) is 0. The lowest BCUT2D eigenvalue weighted by Crippen LogP contribution is -2.43. The van der Waals surface area contributed by atoms with Gasteiger partial charge in [-0.3, -0.25) is 0 Å². The number of carbonyl (C=O) groups is 1. The molecule has 1 aliphatic rings. The standard InChI is InChI=1S/C17H16N4O3/c1-10-19-15(24-20-10)13-8-18-9-21(13)14-11-6-4-5-7-12(11)16(22)23-17(14,2)3/h4-9,14H,1-3H3. The molecule has 4 rings (SSSR count). The van der Waals surface area contributed by atoms with Crippen LogP contribution in [-0.4, -0.2) is 31.3 Å². The third-order valence-electron chi connectivity index (χ3n) is 4.18. The van der Waals surface area contributed by atoms with Crippen LogP contribution in [0.25, 0.3) is 11.6 Å². The van der Waals surface area contributed by atoms with Gasteiger partial charge in [0.2, 0.25) is 0 Å². The molecule has 0 aliphatic carbocycles. The van der Waals surface area contributed by atoms with Gasteiger partial charge in [0.05, 0.1) is 18.1 Å². The lowest BCUT2D eigenvalue weighted by molar-refractivity contribution is -0.0259. The second kappa shape index (κ2) is 5.02. The van der Waals surface area contributed by atoms with Gasteiger partial charge in [0, 0.05) is 0 Å². The summed E-state index contributed by atoms with van der Waals surface area (Å²) in [6.45, 7) is 5.53. The molecule has 0 saturated carbocycles. The van der Waals surface area contributed by atoms with E-state index in [1.54, 1.807) is 25.5 Å². The Labute approximate surface area is 138 Å². The fourth-order valence-electron chi connectivity index (χ4n) is 3.21. The predicted molar refractivity (Wildman–Crippen MR) is 84.3 cm³/mol. The summed E-state index contributed by atoms with van der Waals surface area (Å²) in [6, 6.07) is 7.19. The van der Waals surface area contributed by atoms with Crippen molar-refractivity contribution in [2.24, 2.45) is 0 Å². The monoisotopic (exact) mass is 324 g/mol. The second-order valence-corrected chi connectivity index (χ2v) is 6.32. The van der Waals surface area contributed by atoms with Gasteiger partial charge in [0.25, 0.3) is 5.89 Å². The number of hydrogen-bond acceptors (Lipinski definition) is 6. The van der Waals surface area contributed by atoms with Crippen molar-refractivity contribution in [2.45, 2.75) is 32.4 Å². The maximum Gasteiger partial charge on any atom is 0.339 e. The van der Waals surface area contributed by atoms with Gasteiger partial charge in [0.15, 0.2) is 5.82 Å². The van der Waals surface area contributed by atoms with Crippen LogP contribution in [0.3, 0.4) is 0 Å². The summed E-state index contributed by atoms with van der Waals surface area (Å²) in [6.07, 6.45) is 3.36. The van der Waals surface area contributed by atoms with Gasteiger partial charge in [-0.1, -0.05) is 23.4 Å². The van der Waals surface area contributed by atoms with Crippen LogP contribution in [0.1, 0.15) is 41.6 Å². The number of ether oxygens (including phenoxy) is 1. The SMILES string of the molecule is Cc1noc(-c2cncn2C2c3ccccc3C(=O)OC2(C)C)n1. The van der Waals surface area contributed by atoms with Gasteiger partial charge < -0.3 is 13.8 Å². The Morgan fingerprint density at radius 2 is 2.04 bits per heavy atom. The largest absolute Gasteiger partial charge is 0.453 e. The summed E-state index contributed by atoms with van der Waals surface area (Å²) in [5.74, 6) is 0.616. The van der Waals surface area contributed by atoms with Crippen LogP contribution in [0.5, 0.6) is 0 Å². The Morgan fingerprint density at radius 3 is 2.79 bits per heavy atom. The quantitative estimate of drug-likeness (QED) is 0.674. The van der Waals surface area contributed by atoms with E-state index in [4.69, 9.17) is 9.26 Å². The number of esters is 1. The van der Waals surface area contributed by atoms with Gasteiger partial charge >= 0.3 is 5.97 Å². The third-order valence-corrected chi connectivity index (χ3v) is 4.18. The van der Waals surface area contributed by atoms with Gasteiger partial charge in [-0.2, -0.15) is 4.98 Å². The number of aromatic nitrogens is 4. The van der Waals surface area contributed by atoms with Crippen molar-refractivity contribution in [2.75, 3.05) is 0 Å². The van der Waals surface area contributed by atoms with E-state index in [0.29, 0.717) is 23.0 Å². The number of fused-ring (bicyclic) bond motifs is 1. The molecule has 0 spiro atoms. The highest BCUT2D eigenvalue weighted by atomic mass is 16.6. The van der Waals surface area contributed by atoms with E-state index in [1.165, 1.54) is 0 Å². The van der Waals surface area contributed by atoms with Crippen molar-refractivity contribution in [3.63, 3.8) is 0 Å². The van der Waals surface area contributed by atoms with Crippen LogP contribution in [0, 0.1) is 6.92 Å². The average molecular weight is 324 g/mol. The molecule has 7 nitrogen and oxygen atoms in total. The fraction of sp³-hybridized carbons (Fsp3) is 0.294. The summed E-state index contributed by atoms with van der Waals surface area (Å²) >= 11 is 0. The maximum atomic E-state index is 12.3. The van der Waals surface area contributed by atoms with E-state index < -0.39 is 5.60 Å². The molecule has 1 aromatic carbocycles. The minimum Gasteiger partial charge on any atom is -0.453 e. The lowest BCUT2D eigenvalue weighted by atomic mass is 9.85. The average Bonchev–Trinajstić information content (AvgIpc) is 3.15. The summed E-state index contributed by atoms with van der Waals surface area (Å²) in [5.41, 5.74) is 1.37. The fourth-order valence-corrected chi connectivity index (χ4v) is 3.21. The Balaban J connectivity index is 1.92. The normalized spacial score (nSPS) is 19.0. The van der Waals surface area contributed by atoms with Crippen LogP contribution < -0.4 is 0 Å². The third kappa shape index (κ3) is 2.12. The summed E-state index contributed by atoms with van der Waals surface area (Å²) in [7, 11) is 0. The number of carbonyl (C=O) groups excluding carboxylic acids is 1. The first kappa shape index (κ1) is 14.6. The predicted octanol–water partition coefficient (Wildman–Crippen LogP) is 2.78. The van der Waals surface area contributed by atoms with Crippen molar-refractivity contribution >= 4 is 5.97 Å². The van der Waals surface area contributed by atoms with E-state index in [1.807, 2.05) is 36.6 Å². The molecule has 1 atom stereocenters. The van der Waals surface area contributed by atoms with Crippen molar-refractivity contribution < 1.29 is 14.1 Å². The highest BCUT2D eigenvalue weighted by molar-refractivity contribution is 5.93. The molecular formula is C17H16N4O3. The van der Waals surface area contributed by atoms with E-state index >= 15 is 0 Å². The number of nitrogens with zero attached hydrogens (tertiary/aromatic N) is 4. The van der Waals surface area contributed by atoms with Crippen molar-refractivity contribution in [1.29, 1.82) is 0 Å². The molecule has 3 heterocycles. The summed E-state index contributed by atoms with van der Waals surface area (Å²) in [4.78, 5) is 20.8. The first-order valence-corrected chi connectivity index (χ1v) is 7.62. The van der Waals surface area contributed by atoms with Crippen LogP contribution >= 0.6 is 0 Å². The summed E-state index contributed by atoms with van der Waals surface area (Å²) in [5, 5.41) is 3.84. The van der Waals surface area contributed by atoms with E-state index in [0.717, 1.165) is 5.56 Å². The van der Waals surface area contributed by atoms with Gasteiger partial charge in [-0.05, 0) is 32.4 Å². The Kier molecular flexibility index (Phi) is 3.06. The molecular weight excluding hydrogens is 308 g/mol. The van der Waals surface area contributed by atoms with Crippen LogP contribution in [-0.2, 0) is 4.74 Å². The zero-order valence-electron chi connectivity index (χ0n) is 13.6. The van der Waals surface area contributed by atoms with E-state index in [-0.39, 0.29) is 12.0 Å². The van der Waals surface area contributed by atoms with Crippen molar-refractivity contribution in [3.8, 4) is 11.6 Å². The van der Waals surface area contributed by atoms with Gasteiger partial charge in [-0.15, -0.1) is 0 Å². The molecule has 7 heteroatoms. The highest BCUT2D eigenvalue weighted by Crippen LogP contribution is 2.41. The first-order valence-electron chi connectivity index (χ1n) is 7.62. The van der Waals surface area contributed by atoms with E-state index in [9.17, 15) is 4.79 Å². The minimum absolute atomic E-state index is 0.254. The molecule has 3 aromatic rings. The zero-order valence-corrected chi connectivity index (χ0v) is 13.6. The molecule has 0 saturated heterocycles. The zero-order chi connectivity index (χ0) is 16.9. The topological polar surface area (TPSA) is 83.0 Å². The molecule has 122 valence electrons. The molecule has 1 unspecified atom stereocenters. The first-order chi connectivity index (χ1) is 11.5. The molecule has 0 bridgehead atoms.